The van der Waals surface area contributed by atoms with Crippen LogP contribution < -0.4 is 5.32 Å². The highest BCUT2D eigenvalue weighted by Gasteiger charge is 2.44. The van der Waals surface area contributed by atoms with E-state index < -0.39 is 0 Å². The summed E-state index contributed by atoms with van der Waals surface area (Å²) in [7, 11) is 0. The molecule has 0 aromatic rings. The molecule has 1 aliphatic carbocycles. The average molecular weight is 278 g/mol. The maximum absolute atomic E-state index is 3.79. The average Bonchev–Trinajstić information content (AvgIpc) is 2.64. The van der Waals surface area contributed by atoms with Crippen molar-refractivity contribution in [2.75, 3.05) is 6.54 Å². The van der Waals surface area contributed by atoms with Gasteiger partial charge in [0.25, 0.3) is 0 Å². The lowest BCUT2D eigenvalue weighted by atomic mass is 9.89. The molecular weight excluding hydrogens is 244 g/mol. The first-order valence-corrected chi connectivity index (χ1v) is 9.30. The van der Waals surface area contributed by atoms with Crippen LogP contribution in [0.4, 0.5) is 0 Å². The normalized spacial score (nSPS) is 42.6. The summed E-state index contributed by atoms with van der Waals surface area (Å²) in [4.78, 5) is 3.00. The van der Waals surface area contributed by atoms with Crippen LogP contribution in [0.15, 0.2) is 0 Å². The van der Waals surface area contributed by atoms with Crippen LogP contribution in [0.5, 0.6) is 0 Å². The lowest BCUT2D eigenvalue weighted by Gasteiger charge is -2.45. The highest BCUT2D eigenvalue weighted by molar-refractivity contribution is 5.01. The van der Waals surface area contributed by atoms with Crippen molar-refractivity contribution < 1.29 is 0 Å². The fraction of sp³-hybridized carbons (Fsp3) is 1.00. The van der Waals surface area contributed by atoms with E-state index in [1.165, 1.54) is 70.8 Å². The zero-order chi connectivity index (χ0) is 13.9. The predicted molar refractivity (Wildman–Crippen MR) is 86.0 cm³/mol. The number of hydrogen-bond donors (Lipinski definition) is 1. The molecule has 1 N–H and O–H groups in total. The monoisotopic (exact) mass is 278 g/mol. The number of nitrogens with one attached hydrogen (secondary N) is 1. The van der Waals surface area contributed by atoms with E-state index in [2.05, 4.69) is 24.1 Å². The Kier molecular flexibility index (Phi) is 5.04. The Labute approximate surface area is 125 Å². The largest absolute Gasteiger partial charge is 0.314 e. The Balaban J connectivity index is 1.63. The Morgan fingerprint density at radius 3 is 2.35 bits per heavy atom. The topological polar surface area (TPSA) is 15.3 Å². The third-order valence-corrected chi connectivity index (χ3v) is 6.17. The zero-order valence-corrected chi connectivity index (χ0v) is 13.6. The molecule has 20 heavy (non-hydrogen) atoms. The zero-order valence-electron chi connectivity index (χ0n) is 13.6. The summed E-state index contributed by atoms with van der Waals surface area (Å²) < 4.78 is 0. The van der Waals surface area contributed by atoms with E-state index in [0.717, 1.165) is 30.1 Å². The van der Waals surface area contributed by atoms with Gasteiger partial charge < -0.3 is 5.32 Å². The van der Waals surface area contributed by atoms with Gasteiger partial charge in [0.2, 0.25) is 0 Å². The molecule has 0 spiro atoms. The molecule has 2 aliphatic heterocycles. The molecule has 2 nitrogen and oxygen atoms in total. The Morgan fingerprint density at radius 2 is 1.65 bits per heavy atom. The minimum Gasteiger partial charge on any atom is -0.314 e. The Hall–Kier alpha value is -0.0800. The molecule has 1 saturated carbocycles. The van der Waals surface area contributed by atoms with Gasteiger partial charge in [0.1, 0.15) is 0 Å². The van der Waals surface area contributed by atoms with Crippen molar-refractivity contribution in [3.63, 3.8) is 0 Å². The second-order valence-electron chi connectivity index (χ2n) is 7.64. The van der Waals surface area contributed by atoms with Crippen molar-refractivity contribution in [1.82, 2.24) is 10.2 Å². The van der Waals surface area contributed by atoms with Gasteiger partial charge in [0.15, 0.2) is 0 Å². The highest BCUT2D eigenvalue weighted by atomic mass is 15.3. The molecule has 2 heteroatoms. The lowest BCUT2D eigenvalue weighted by Crippen LogP contribution is -2.54. The second-order valence-corrected chi connectivity index (χ2v) is 7.64. The van der Waals surface area contributed by atoms with Crippen LogP contribution in [0, 0.1) is 5.92 Å². The van der Waals surface area contributed by atoms with Gasteiger partial charge in [-0.25, -0.2) is 0 Å². The maximum atomic E-state index is 3.79. The van der Waals surface area contributed by atoms with E-state index in [1.807, 2.05) is 0 Å². The summed E-state index contributed by atoms with van der Waals surface area (Å²) >= 11 is 0. The van der Waals surface area contributed by atoms with E-state index in [1.54, 1.807) is 0 Å². The molecule has 4 unspecified atom stereocenters. The molecule has 3 fully saturated rings. The molecule has 3 aliphatic rings. The molecular formula is C18H34N2. The molecule has 0 aromatic carbocycles. The molecule has 2 saturated heterocycles. The van der Waals surface area contributed by atoms with Crippen LogP contribution in [0.2, 0.25) is 0 Å². The number of nitrogens with zero attached hydrogens (tertiary/aromatic N) is 1. The first-order chi connectivity index (χ1) is 9.79. The Morgan fingerprint density at radius 1 is 0.950 bits per heavy atom. The van der Waals surface area contributed by atoms with Crippen LogP contribution in [0.3, 0.4) is 0 Å². The summed E-state index contributed by atoms with van der Waals surface area (Å²) in [6.07, 6.45) is 14.4. The van der Waals surface area contributed by atoms with E-state index in [4.69, 9.17) is 0 Å². The first-order valence-electron chi connectivity index (χ1n) is 9.30. The van der Waals surface area contributed by atoms with Crippen molar-refractivity contribution in [1.29, 1.82) is 0 Å². The predicted octanol–water partition coefficient (Wildman–Crippen LogP) is 3.95. The van der Waals surface area contributed by atoms with Crippen LogP contribution in [0.25, 0.3) is 0 Å². The Bertz CT molecular complexity index is 290. The van der Waals surface area contributed by atoms with Gasteiger partial charge in [-0.2, -0.15) is 0 Å². The number of hydrogen-bond acceptors (Lipinski definition) is 2. The van der Waals surface area contributed by atoms with Gasteiger partial charge in [0, 0.05) is 24.2 Å². The van der Waals surface area contributed by atoms with Crippen molar-refractivity contribution in [3.8, 4) is 0 Å². The third-order valence-electron chi connectivity index (χ3n) is 6.17. The number of rotatable bonds is 4. The van der Waals surface area contributed by atoms with Crippen molar-refractivity contribution >= 4 is 0 Å². The first kappa shape index (κ1) is 14.8. The van der Waals surface area contributed by atoms with Crippen LogP contribution >= 0.6 is 0 Å². The summed E-state index contributed by atoms with van der Waals surface area (Å²) in [6.45, 7) is 6.02. The van der Waals surface area contributed by atoms with E-state index in [-0.39, 0.29) is 0 Å². The minimum atomic E-state index is 0.810. The van der Waals surface area contributed by atoms with Gasteiger partial charge in [-0.05, 0) is 57.4 Å². The quantitative estimate of drug-likeness (QED) is 0.783. The summed E-state index contributed by atoms with van der Waals surface area (Å²) in [5.74, 6) is 0.931. The standard InChI is InChI=1S/C18H34N2/c1-3-11-19-15-12-16-9-10-17(13-15)20(16)18-8-6-4-5-7-14(18)2/h14-19H,3-13H2,1-2H3. The molecule has 116 valence electrons. The third kappa shape index (κ3) is 3.06. The highest BCUT2D eigenvalue weighted by Crippen LogP contribution is 2.41. The summed E-state index contributed by atoms with van der Waals surface area (Å²) in [5, 5.41) is 3.79. The second kappa shape index (κ2) is 6.79. The van der Waals surface area contributed by atoms with Crippen molar-refractivity contribution in [3.05, 3.63) is 0 Å². The fourth-order valence-corrected chi connectivity index (χ4v) is 5.19. The summed E-state index contributed by atoms with van der Waals surface area (Å²) in [6, 6.07) is 3.51. The molecule has 0 aromatic heterocycles. The molecule has 0 amide bonds. The number of fused-ring (bicyclic) bond motifs is 2. The SMILES string of the molecule is CCCNC1CC2CCC(C1)N2C1CCCCCC1C. The van der Waals surface area contributed by atoms with Crippen LogP contribution in [-0.2, 0) is 0 Å². The molecule has 2 bridgehead atoms. The van der Waals surface area contributed by atoms with E-state index in [0.29, 0.717) is 0 Å². The summed E-state index contributed by atoms with van der Waals surface area (Å²) in [5.41, 5.74) is 0. The number of piperidine rings is 1. The minimum absolute atomic E-state index is 0.810. The maximum Gasteiger partial charge on any atom is 0.0127 e. The van der Waals surface area contributed by atoms with E-state index >= 15 is 0 Å². The van der Waals surface area contributed by atoms with Crippen molar-refractivity contribution in [2.45, 2.75) is 102 Å². The van der Waals surface area contributed by atoms with Gasteiger partial charge in [-0.3, -0.25) is 4.90 Å². The van der Waals surface area contributed by atoms with Gasteiger partial charge in [-0.1, -0.05) is 33.1 Å². The lowest BCUT2D eigenvalue weighted by molar-refractivity contribution is 0.0408. The van der Waals surface area contributed by atoms with Gasteiger partial charge in [0.05, 0.1) is 0 Å². The van der Waals surface area contributed by atoms with Gasteiger partial charge in [-0.15, -0.1) is 0 Å². The fourth-order valence-electron chi connectivity index (χ4n) is 5.19. The van der Waals surface area contributed by atoms with Crippen molar-refractivity contribution in [2.24, 2.45) is 5.92 Å². The molecule has 4 atom stereocenters. The smallest absolute Gasteiger partial charge is 0.0127 e. The molecule has 0 radical (unpaired) electrons. The van der Waals surface area contributed by atoms with Gasteiger partial charge >= 0.3 is 0 Å². The molecule has 3 rings (SSSR count). The molecule has 2 heterocycles. The van der Waals surface area contributed by atoms with Crippen LogP contribution in [0.1, 0.15) is 78.1 Å². The van der Waals surface area contributed by atoms with Crippen LogP contribution in [-0.4, -0.2) is 35.6 Å². The van der Waals surface area contributed by atoms with E-state index in [9.17, 15) is 0 Å².